The molecule has 0 saturated heterocycles. The molecule has 1 N–H and O–H groups in total. The van der Waals surface area contributed by atoms with E-state index in [0.717, 1.165) is 11.8 Å². The lowest BCUT2D eigenvalue weighted by molar-refractivity contribution is -0.105. The molecule has 5 heteroatoms. The maximum absolute atomic E-state index is 11.4. The number of carboxylic acid groups (broad SMARTS) is 1. The Kier molecular flexibility index (Phi) is 4.79. The fraction of sp³-hybridized carbons (Fsp3) is 0.333. The lowest BCUT2D eigenvalue weighted by Gasteiger charge is -2.27. The standard InChI is InChI=1S/C15H16ClNO3/c16-14-9-13(8-11-4-2-1-3-5-11)17(15(19)20)7-6-12(14)10-18/h1-5,10,13H,6-9H2,(H,19,20). The van der Waals surface area contributed by atoms with Gasteiger partial charge in [0.15, 0.2) is 0 Å². The van der Waals surface area contributed by atoms with Crippen LogP contribution in [0, 0.1) is 0 Å². The summed E-state index contributed by atoms with van der Waals surface area (Å²) in [5.41, 5.74) is 1.57. The van der Waals surface area contributed by atoms with Crippen molar-refractivity contribution in [1.29, 1.82) is 0 Å². The molecule has 106 valence electrons. The Morgan fingerprint density at radius 3 is 2.70 bits per heavy atom. The minimum absolute atomic E-state index is 0.236. The molecule has 0 spiro atoms. The van der Waals surface area contributed by atoms with Crippen molar-refractivity contribution in [3.8, 4) is 0 Å². The van der Waals surface area contributed by atoms with Crippen LogP contribution in [0.5, 0.6) is 0 Å². The van der Waals surface area contributed by atoms with Gasteiger partial charge in [-0.05, 0) is 18.4 Å². The first-order valence-electron chi connectivity index (χ1n) is 6.48. The monoisotopic (exact) mass is 293 g/mol. The molecule has 4 nitrogen and oxygen atoms in total. The molecule has 1 aliphatic heterocycles. The van der Waals surface area contributed by atoms with Gasteiger partial charge in [-0.1, -0.05) is 41.9 Å². The fourth-order valence-electron chi connectivity index (χ4n) is 2.45. The highest BCUT2D eigenvalue weighted by Gasteiger charge is 2.28. The summed E-state index contributed by atoms with van der Waals surface area (Å²) in [5.74, 6) is 0. The summed E-state index contributed by atoms with van der Waals surface area (Å²) < 4.78 is 0. The topological polar surface area (TPSA) is 57.6 Å². The quantitative estimate of drug-likeness (QED) is 0.871. The maximum atomic E-state index is 11.4. The van der Waals surface area contributed by atoms with E-state index in [-0.39, 0.29) is 6.04 Å². The first kappa shape index (κ1) is 14.6. The summed E-state index contributed by atoms with van der Waals surface area (Å²) in [7, 11) is 0. The van der Waals surface area contributed by atoms with Crippen molar-refractivity contribution in [2.75, 3.05) is 6.54 Å². The molecule has 0 radical (unpaired) electrons. The number of hydrogen-bond donors (Lipinski definition) is 1. The lowest BCUT2D eigenvalue weighted by Crippen LogP contribution is -2.40. The van der Waals surface area contributed by atoms with Gasteiger partial charge in [-0.3, -0.25) is 4.79 Å². The minimum Gasteiger partial charge on any atom is -0.465 e. The van der Waals surface area contributed by atoms with E-state index in [2.05, 4.69) is 0 Å². The van der Waals surface area contributed by atoms with Crippen LogP contribution in [-0.4, -0.2) is 35.0 Å². The second kappa shape index (κ2) is 6.57. The Bertz CT molecular complexity index is 527. The smallest absolute Gasteiger partial charge is 0.407 e. The molecule has 1 atom stereocenters. The number of benzene rings is 1. The van der Waals surface area contributed by atoms with Crippen molar-refractivity contribution >= 4 is 24.0 Å². The molecule has 1 aromatic rings. The van der Waals surface area contributed by atoms with Crippen molar-refractivity contribution in [3.63, 3.8) is 0 Å². The Labute approximate surface area is 122 Å². The van der Waals surface area contributed by atoms with E-state index in [9.17, 15) is 14.7 Å². The van der Waals surface area contributed by atoms with Crippen molar-refractivity contribution < 1.29 is 14.7 Å². The Morgan fingerprint density at radius 2 is 2.10 bits per heavy atom. The van der Waals surface area contributed by atoms with Gasteiger partial charge in [0.2, 0.25) is 0 Å². The summed E-state index contributed by atoms with van der Waals surface area (Å²) in [4.78, 5) is 23.7. The SMILES string of the molecule is O=CC1=C(Cl)CC(Cc2ccccc2)N(C(=O)O)CC1. The van der Waals surface area contributed by atoms with E-state index in [1.807, 2.05) is 30.3 Å². The summed E-state index contributed by atoms with van der Waals surface area (Å²) in [6.07, 6.45) is 1.11. The van der Waals surface area contributed by atoms with E-state index in [1.165, 1.54) is 4.90 Å². The van der Waals surface area contributed by atoms with Gasteiger partial charge in [-0.15, -0.1) is 0 Å². The number of amides is 1. The van der Waals surface area contributed by atoms with Crippen LogP contribution in [0.1, 0.15) is 18.4 Å². The van der Waals surface area contributed by atoms with E-state index in [1.54, 1.807) is 0 Å². The zero-order chi connectivity index (χ0) is 14.5. The Hall–Kier alpha value is -1.81. The van der Waals surface area contributed by atoms with Crippen molar-refractivity contribution in [2.24, 2.45) is 0 Å². The van der Waals surface area contributed by atoms with Crippen LogP contribution < -0.4 is 0 Å². The highest BCUT2D eigenvalue weighted by Crippen LogP contribution is 2.27. The normalized spacial score (nSPS) is 19.6. The molecule has 20 heavy (non-hydrogen) atoms. The second-order valence-corrected chi connectivity index (χ2v) is 5.28. The van der Waals surface area contributed by atoms with E-state index in [4.69, 9.17) is 11.6 Å². The molecular weight excluding hydrogens is 278 g/mol. The molecule has 0 aromatic heterocycles. The molecule has 2 rings (SSSR count). The van der Waals surface area contributed by atoms with Gasteiger partial charge < -0.3 is 10.0 Å². The predicted octanol–water partition coefficient (Wildman–Crippen LogP) is 3.06. The molecule has 1 unspecified atom stereocenters. The molecular formula is C15H16ClNO3. The fourth-order valence-corrected chi connectivity index (χ4v) is 2.77. The Morgan fingerprint density at radius 1 is 1.40 bits per heavy atom. The van der Waals surface area contributed by atoms with Crippen molar-refractivity contribution in [1.82, 2.24) is 4.90 Å². The molecule has 0 bridgehead atoms. The first-order valence-corrected chi connectivity index (χ1v) is 6.85. The van der Waals surface area contributed by atoms with Gasteiger partial charge in [0.1, 0.15) is 6.29 Å². The summed E-state index contributed by atoms with van der Waals surface area (Å²) >= 11 is 6.15. The molecule has 0 saturated carbocycles. The van der Waals surface area contributed by atoms with Gasteiger partial charge in [-0.25, -0.2) is 4.79 Å². The van der Waals surface area contributed by atoms with Crippen molar-refractivity contribution in [3.05, 3.63) is 46.5 Å². The van der Waals surface area contributed by atoms with Crippen LogP contribution in [0.2, 0.25) is 0 Å². The summed E-state index contributed by atoms with van der Waals surface area (Å²) in [6.45, 7) is 0.303. The van der Waals surface area contributed by atoms with E-state index >= 15 is 0 Å². The summed E-state index contributed by atoms with van der Waals surface area (Å²) in [6, 6.07) is 9.45. The number of aldehydes is 1. The highest BCUT2D eigenvalue weighted by molar-refractivity contribution is 6.31. The number of hydrogen-bond acceptors (Lipinski definition) is 2. The number of carbonyl (C=O) groups excluding carboxylic acids is 1. The van der Waals surface area contributed by atoms with Crippen LogP contribution >= 0.6 is 11.6 Å². The van der Waals surface area contributed by atoms with Crippen LogP contribution in [0.4, 0.5) is 4.79 Å². The largest absolute Gasteiger partial charge is 0.465 e. The molecule has 1 amide bonds. The predicted molar refractivity (Wildman–Crippen MR) is 76.8 cm³/mol. The molecule has 0 fully saturated rings. The van der Waals surface area contributed by atoms with E-state index in [0.29, 0.717) is 36.4 Å². The number of nitrogens with zero attached hydrogens (tertiary/aromatic N) is 1. The number of halogens is 1. The highest BCUT2D eigenvalue weighted by atomic mass is 35.5. The van der Waals surface area contributed by atoms with Gasteiger partial charge >= 0.3 is 6.09 Å². The molecule has 1 aromatic carbocycles. The van der Waals surface area contributed by atoms with Gasteiger partial charge in [0, 0.05) is 29.6 Å². The zero-order valence-corrected chi connectivity index (χ0v) is 11.7. The van der Waals surface area contributed by atoms with Crippen LogP contribution in [0.15, 0.2) is 40.9 Å². The lowest BCUT2D eigenvalue weighted by atomic mass is 10.0. The van der Waals surface area contributed by atoms with Gasteiger partial charge in [0.05, 0.1) is 0 Å². The van der Waals surface area contributed by atoms with Crippen molar-refractivity contribution in [2.45, 2.75) is 25.3 Å². The third kappa shape index (κ3) is 3.39. The number of carbonyl (C=O) groups is 2. The molecule has 0 aliphatic carbocycles. The maximum Gasteiger partial charge on any atom is 0.407 e. The zero-order valence-electron chi connectivity index (χ0n) is 11.0. The molecule has 1 aliphatic rings. The minimum atomic E-state index is -0.970. The van der Waals surface area contributed by atoms with Crippen LogP contribution in [-0.2, 0) is 11.2 Å². The summed E-state index contributed by atoms with van der Waals surface area (Å²) in [5, 5.41) is 9.81. The number of rotatable bonds is 3. The second-order valence-electron chi connectivity index (χ2n) is 4.82. The average Bonchev–Trinajstić information content (AvgIpc) is 2.58. The first-order chi connectivity index (χ1) is 9.61. The third-order valence-electron chi connectivity index (χ3n) is 3.53. The van der Waals surface area contributed by atoms with Gasteiger partial charge in [0.25, 0.3) is 0 Å². The average molecular weight is 294 g/mol. The van der Waals surface area contributed by atoms with Gasteiger partial charge in [-0.2, -0.15) is 0 Å². The Balaban J connectivity index is 2.23. The van der Waals surface area contributed by atoms with Crippen LogP contribution in [0.25, 0.3) is 0 Å². The van der Waals surface area contributed by atoms with E-state index < -0.39 is 6.09 Å². The molecule has 1 heterocycles. The van der Waals surface area contributed by atoms with Crippen LogP contribution in [0.3, 0.4) is 0 Å². The third-order valence-corrected chi connectivity index (χ3v) is 3.93.